The lowest BCUT2D eigenvalue weighted by molar-refractivity contribution is 0.0469. The van der Waals surface area contributed by atoms with E-state index in [0.29, 0.717) is 17.1 Å². The molecular weight excluding hydrogens is 381 g/mol. The third-order valence-corrected chi connectivity index (χ3v) is 4.38. The van der Waals surface area contributed by atoms with Crippen LogP contribution in [0.4, 0.5) is 0 Å². The summed E-state index contributed by atoms with van der Waals surface area (Å²) in [5, 5.41) is -0.0401. The van der Waals surface area contributed by atoms with Crippen molar-refractivity contribution >= 4 is 46.6 Å². The standard InChI is InChI=1S/C15H8Cl3NO5/c16-8-4-19-14(13(18)12(8)17)15(21)22-5-9(20)7-1-2-10-11(3-7)24-6-23-10/h1-4H,5-6H2. The Balaban J connectivity index is 1.68. The summed E-state index contributed by atoms with van der Waals surface area (Å²) in [6.07, 6.45) is 1.17. The van der Waals surface area contributed by atoms with Gasteiger partial charge in [-0.2, -0.15) is 0 Å². The molecule has 24 heavy (non-hydrogen) atoms. The summed E-state index contributed by atoms with van der Waals surface area (Å²) in [4.78, 5) is 27.9. The fourth-order valence-electron chi connectivity index (χ4n) is 1.94. The second-order valence-electron chi connectivity index (χ2n) is 4.65. The minimum atomic E-state index is -0.882. The van der Waals surface area contributed by atoms with Gasteiger partial charge in [-0.15, -0.1) is 0 Å². The number of aromatic nitrogens is 1. The number of pyridine rings is 1. The van der Waals surface area contributed by atoms with Crippen LogP contribution in [0.25, 0.3) is 0 Å². The molecule has 0 spiro atoms. The van der Waals surface area contributed by atoms with Gasteiger partial charge < -0.3 is 14.2 Å². The van der Waals surface area contributed by atoms with Crippen LogP contribution in [-0.4, -0.2) is 30.1 Å². The number of carbonyl (C=O) groups is 2. The number of Topliss-reactive ketones (excluding diaryl/α,β-unsaturated/α-hetero) is 1. The maximum atomic E-state index is 12.1. The zero-order valence-electron chi connectivity index (χ0n) is 11.8. The highest BCUT2D eigenvalue weighted by molar-refractivity contribution is 6.48. The molecule has 0 bridgehead atoms. The van der Waals surface area contributed by atoms with Crippen LogP contribution in [-0.2, 0) is 4.74 Å². The van der Waals surface area contributed by atoms with Gasteiger partial charge in [0.1, 0.15) is 0 Å². The van der Waals surface area contributed by atoms with Crippen molar-refractivity contribution in [2.24, 2.45) is 0 Å². The summed E-state index contributed by atoms with van der Waals surface area (Å²) in [6, 6.07) is 4.67. The lowest BCUT2D eigenvalue weighted by atomic mass is 10.1. The van der Waals surface area contributed by atoms with E-state index in [-0.39, 0.29) is 27.6 Å². The molecule has 2 aromatic rings. The van der Waals surface area contributed by atoms with Crippen molar-refractivity contribution in [3.8, 4) is 11.5 Å². The fourth-order valence-corrected chi connectivity index (χ4v) is 2.50. The highest BCUT2D eigenvalue weighted by Crippen LogP contribution is 2.33. The molecule has 0 saturated heterocycles. The van der Waals surface area contributed by atoms with Gasteiger partial charge in [-0.25, -0.2) is 9.78 Å². The number of fused-ring (bicyclic) bond motifs is 1. The third-order valence-electron chi connectivity index (χ3n) is 3.14. The van der Waals surface area contributed by atoms with Crippen LogP contribution in [0.2, 0.25) is 15.1 Å². The highest BCUT2D eigenvalue weighted by atomic mass is 35.5. The van der Waals surface area contributed by atoms with Gasteiger partial charge in [0, 0.05) is 11.8 Å². The second kappa shape index (κ2) is 6.84. The molecule has 1 aromatic heterocycles. The number of esters is 1. The monoisotopic (exact) mass is 387 g/mol. The summed E-state index contributed by atoms with van der Waals surface area (Å²) in [7, 11) is 0. The van der Waals surface area contributed by atoms with Gasteiger partial charge in [-0.1, -0.05) is 34.8 Å². The van der Waals surface area contributed by atoms with E-state index in [1.54, 1.807) is 12.1 Å². The molecule has 124 valence electrons. The first-order valence-electron chi connectivity index (χ1n) is 6.57. The van der Waals surface area contributed by atoms with Crippen molar-refractivity contribution in [2.45, 2.75) is 0 Å². The number of carbonyl (C=O) groups excluding carboxylic acids is 2. The molecule has 0 N–H and O–H groups in total. The molecule has 1 aliphatic rings. The van der Waals surface area contributed by atoms with Crippen molar-refractivity contribution in [1.82, 2.24) is 4.98 Å². The van der Waals surface area contributed by atoms with Gasteiger partial charge in [0.05, 0.1) is 15.1 Å². The van der Waals surface area contributed by atoms with Crippen molar-refractivity contribution in [1.29, 1.82) is 0 Å². The van der Waals surface area contributed by atoms with Gasteiger partial charge in [0.25, 0.3) is 0 Å². The first-order chi connectivity index (χ1) is 11.5. The van der Waals surface area contributed by atoms with Gasteiger partial charge in [-0.3, -0.25) is 4.79 Å². The molecule has 2 heterocycles. The van der Waals surface area contributed by atoms with E-state index in [0.717, 1.165) is 0 Å². The predicted octanol–water partition coefficient (Wildman–Crippen LogP) is 3.81. The van der Waals surface area contributed by atoms with Crippen LogP contribution in [0.1, 0.15) is 20.8 Å². The van der Waals surface area contributed by atoms with Gasteiger partial charge in [-0.05, 0) is 18.2 Å². The van der Waals surface area contributed by atoms with Gasteiger partial charge in [0.2, 0.25) is 6.79 Å². The summed E-state index contributed by atoms with van der Waals surface area (Å²) in [5.74, 6) is -0.290. The SMILES string of the molecule is O=C(COC(=O)c1ncc(Cl)c(Cl)c1Cl)c1ccc2c(c1)OCO2. The number of benzene rings is 1. The molecule has 1 aromatic carbocycles. The number of ketones is 1. The smallest absolute Gasteiger partial charge is 0.358 e. The summed E-state index contributed by atoms with van der Waals surface area (Å²) >= 11 is 17.5. The Hall–Kier alpha value is -2.02. The number of nitrogens with zero attached hydrogens (tertiary/aromatic N) is 1. The average Bonchev–Trinajstić information content (AvgIpc) is 3.05. The molecule has 0 aliphatic carbocycles. The van der Waals surface area contributed by atoms with Crippen LogP contribution in [0.15, 0.2) is 24.4 Å². The Labute approximate surface area is 151 Å². The van der Waals surface area contributed by atoms with E-state index < -0.39 is 18.4 Å². The lowest BCUT2D eigenvalue weighted by Crippen LogP contribution is -2.15. The Morgan fingerprint density at radius 3 is 2.67 bits per heavy atom. The molecule has 0 fully saturated rings. The molecule has 0 atom stereocenters. The number of hydrogen-bond donors (Lipinski definition) is 0. The molecule has 0 unspecified atom stereocenters. The van der Waals surface area contributed by atoms with Crippen molar-refractivity contribution in [3.63, 3.8) is 0 Å². The first kappa shape index (κ1) is 16.8. The second-order valence-corrected chi connectivity index (χ2v) is 5.81. The van der Waals surface area contributed by atoms with E-state index >= 15 is 0 Å². The molecule has 1 aliphatic heterocycles. The average molecular weight is 389 g/mol. The summed E-state index contributed by atoms with van der Waals surface area (Å²) in [6.45, 7) is -0.389. The van der Waals surface area contributed by atoms with Crippen molar-refractivity contribution in [3.05, 3.63) is 50.7 Å². The van der Waals surface area contributed by atoms with Gasteiger partial charge in [0.15, 0.2) is 29.6 Å². The van der Waals surface area contributed by atoms with Crippen LogP contribution in [0.5, 0.6) is 11.5 Å². The molecule has 0 amide bonds. The van der Waals surface area contributed by atoms with Gasteiger partial charge >= 0.3 is 5.97 Å². The van der Waals surface area contributed by atoms with E-state index in [1.165, 1.54) is 12.3 Å². The van der Waals surface area contributed by atoms with Crippen LogP contribution >= 0.6 is 34.8 Å². The van der Waals surface area contributed by atoms with Crippen LogP contribution in [0.3, 0.4) is 0 Å². The lowest BCUT2D eigenvalue weighted by Gasteiger charge is -2.07. The number of halogens is 3. The minimum absolute atomic E-state index is 0.0117. The van der Waals surface area contributed by atoms with E-state index in [9.17, 15) is 9.59 Å². The Morgan fingerprint density at radius 2 is 1.88 bits per heavy atom. The third kappa shape index (κ3) is 3.26. The maximum absolute atomic E-state index is 12.1. The first-order valence-corrected chi connectivity index (χ1v) is 7.70. The predicted molar refractivity (Wildman–Crippen MR) is 86.4 cm³/mol. The van der Waals surface area contributed by atoms with E-state index in [4.69, 9.17) is 49.0 Å². The molecule has 9 heteroatoms. The largest absolute Gasteiger partial charge is 0.454 e. The highest BCUT2D eigenvalue weighted by Gasteiger charge is 2.21. The molecule has 6 nitrogen and oxygen atoms in total. The van der Waals surface area contributed by atoms with E-state index in [2.05, 4.69) is 4.98 Å². The topological polar surface area (TPSA) is 74.7 Å². The number of hydrogen-bond acceptors (Lipinski definition) is 6. The number of rotatable bonds is 4. The molecule has 3 rings (SSSR count). The van der Waals surface area contributed by atoms with E-state index in [1.807, 2.05) is 0 Å². The van der Waals surface area contributed by atoms with Crippen molar-refractivity contribution < 1.29 is 23.8 Å². The molecule has 0 radical (unpaired) electrons. The summed E-state index contributed by atoms with van der Waals surface area (Å²) < 4.78 is 15.3. The van der Waals surface area contributed by atoms with Crippen molar-refractivity contribution in [2.75, 3.05) is 13.4 Å². The maximum Gasteiger partial charge on any atom is 0.358 e. The Bertz CT molecular complexity index is 840. The summed E-state index contributed by atoms with van der Waals surface area (Å²) in [5.41, 5.74) is 0.102. The normalized spacial score (nSPS) is 12.1. The Kier molecular flexibility index (Phi) is 4.80. The fraction of sp³-hybridized carbons (Fsp3) is 0.133. The Morgan fingerprint density at radius 1 is 1.12 bits per heavy atom. The zero-order chi connectivity index (χ0) is 17.3. The quantitative estimate of drug-likeness (QED) is 0.586. The molecule has 0 saturated carbocycles. The molecular formula is C15H8Cl3NO5. The van der Waals surface area contributed by atoms with Crippen LogP contribution < -0.4 is 9.47 Å². The minimum Gasteiger partial charge on any atom is -0.454 e. The zero-order valence-corrected chi connectivity index (χ0v) is 14.1. The van der Waals surface area contributed by atoms with Crippen LogP contribution in [0, 0.1) is 0 Å². The number of ether oxygens (including phenoxy) is 3.